The fourth-order valence-electron chi connectivity index (χ4n) is 1.86. The largest absolute Gasteiger partial charge is 0.352 e. The molecule has 1 aromatic heterocycles. The third-order valence-corrected chi connectivity index (χ3v) is 3.39. The number of unbranched alkanes of at least 4 members (excludes halogenated alkanes) is 3. The van der Waals surface area contributed by atoms with Crippen LogP contribution in [0.3, 0.4) is 0 Å². The number of aromatic nitrogens is 2. The van der Waals surface area contributed by atoms with Crippen LogP contribution in [0, 0.1) is 0 Å². The number of nitrogens with one attached hydrogen (secondary N) is 1. The molecule has 0 radical (unpaired) electrons. The van der Waals surface area contributed by atoms with E-state index in [0.29, 0.717) is 5.56 Å². The molecule has 0 aliphatic carbocycles. The number of carbonyl (C=O) groups is 1. The number of amides is 1. The van der Waals surface area contributed by atoms with Gasteiger partial charge < -0.3 is 5.32 Å². The van der Waals surface area contributed by atoms with Crippen molar-refractivity contribution in [2.24, 2.45) is 7.05 Å². The van der Waals surface area contributed by atoms with Gasteiger partial charge in [-0.25, -0.2) is 0 Å². The van der Waals surface area contributed by atoms with E-state index in [4.69, 9.17) is 0 Å². The molecule has 0 bridgehead atoms. The van der Waals surface area contributed by atoms with Crippen LogP contribution in [0.2, 0.25) is 0 Å². The first-order chi connectivity index (χ1) is 8.69. The van der Waals surface area contributed by atoms with Gasteiger partial charge in [0.15, 0.2) is 0 Å². The number of hydrogen-bond donors (Lipinski definition) is 1. The second-order valence-electron chi connectivity index (χ2n) is 4.38. The van der Waals surface area contributed by atoms with Crippen LogP contribution < -0.4 is 5.32 Å². The molecule has 0 saturated heterocycles. The third-order valence-electron chi connectivity index (χ3n) is 2.83. The van der Waals surface area contributed by atoms with E-state index in [1.165, 1.54) is 19.3 Å². The van der Waals surface area contributed by atoms with Crippen molar-refractivity contribution in [2.45, 2.75) is 39.0 Å². The Labute approximate surface area is 117 Å². The molecule has 0 aromatic carbocycles. The van der Waals surface area contributed by atoms with Gasteiger partial charge in [-0.3, -0.25) is 9.48 Å². The van der Waals surface area contributed by atoms with Crippen molar-refractivity contribution in [1.29, 1.82) is 0 Å². The number of aryl methyl sites for hydroxylation is 2. The minimum atomic E-state index is 0.000409. The predicted octanol–water partition coefficient (Wildman–Crippen LogP) is 2.67. The van der Waals surface area contributed by atoms with Gasteiger partial charge in [-0.2, -0.15) is 5.10 Å². The van der Waals surface area contributed by atoms with Gasteiger partial charge >= 0.3 is 0 Å². The van der Waals surface area contributed by atoms with E-state index in [-0.39, 0.29) is 5.91 Å². The molecular formula is C13H22BrN3O. The molecule has 0 fully saturated rings. The minimum absolute atomic E-state index is 0.000409. The first-order valence-corrected chi connectivity index (χ1v) is 7.67. The monoisotopic (exact) mass is 315 g/mol. The summed E-state index contributed by atoms with van der Waals surface area (Å²) in [6.07, 6.45) is 7.21. The van der Waals surface area contributed by atoms with Crippen molar-refractivity contribution < 1.29 is 4.79 Å². The average Bonchev–Trinajstić information content (AvgIpc) is 2.74. The van der Waals surface area contributed by atoms with Gasteiger partial charge in [0, 0.05) is 25.1 Å². The van der Waals surface area contributed by atoms with Gasteiger partial charge in [0.25, 0.3) is 5.91 Å². The topological polar surface area (TPSA) is 46.9 Å². The maximum Gasteiger partial charge on any atom is 0.254 e. The lowest BCUT2D eigenvalue weighted by molar-refractivity contribution is 0.0952. The molecular weight excluding hydrogens is 294 g/mol. The van der Waals surface area contributed by atoms with Crippen LogP contribution >= 0.6 is 15.9 Å². The number of carbonyl (C=O) groups excluding carboxylic acids is 1. The number of nitrogens with zero attached hydrogens (tertiary/aromatic N) is 2. The van der Waals surface area contributed by atoms with Crippen molar-refractivity contribution in [2.75, 3.05) is 11.9 Å². The Bertz CT molecular complexity index is 376. The highest BCUT2D eigenvalue weighted by Gasteiger charge is 2.13. The van der Waals surface area contributed by atoms with E-state index in [1.807, 2.05) is 14.0 Å². The molecule has 1 amide bonds. The van der Waals surface area contributed by atoms with E-state index >= 15 is 0 Å². The van der Waals surface area contributed by atoms with Crippen molar-refractivity contribution in [3.05, 3.63) is 17.5 Å². The van der Waals surface area contributed by atoms with Crippen molar-refractivity contribution in [3.63, 3.8) is 0 Å². The molecule has 0 saturated carbocycles. The lowest BCUT2D eigenvalue weighted by atomic mass is 10.2. The number of halogens is 1. The highest BCUT2D eigenvalue weighted by Crippen LogP contribution is 2.07. The molecule has 0 atom stereocenters. The average molecular weight is 316 g/mol. The van der Waals surface area contributed by atoms with Crippen molar-refractivity contribution in [3.8, 4) is 0 Å². The van der Waals surface area contributed by atoms with Crippen LogP contribution in [0.1, 0.15) is 48.7 Å². The molecule has 1 heterocycles. The van der Waals surface area contributed by atoms with Crippen molar-refractivity contribution >= 4 is 21.8 Å². The summed E-state index contributed by atoms with van der Waals surface area (Å²) in [6.45, 7) is 2.76. The molecule has 4 nitrogen and oxygen atoms in total. The Morgan fingerprint density at radius 3 is 2.78 bits per heavy atom. The maximum atomic E-state index is 12.0. The molecule has 102 valence electrons. The number of hydrogen-bond acceptors (Lipinski definition) is 2. The lowest BCUT2D eigenvalue weighted by Gasteiger charge is -2.04. The van der Waals surface area contributed by atoms with E-state index in [9.17, 15) is 4.79 Å². The molecule has 0 aliphatic rings. The van der Waals surface area contributed by atoms with Gasteiger partial charge in [-0.05, 0) is 19.3 Å². The Balaban J connectivity index is 2.32. The van der Waals surface area contributed by atoms with Crippen LogP contribution in [0.4, 0.5) is 0 Å². The lowest BCUT2D eigenvalue weighted by Crippen LogP contribution is -2.25. The summed E-state index contributed by atoms with van der Waals surface area (Å²) in [6, 6.07) is 0. The molecule has 0 unspecified atom stereocenters. The third kappa shape index (κ3) is 4.80. The van der Waals surface area contributed by atoms with E-state index in [1.54, 1.807) is 10.9 Å². The second kappa shape index (κ2) is 8.29. The zero-order valence-corrected chi connectivity index (χ0v) is 12.8. The van der Waals surface area contributed by atoms with Gasteiger partial charge in [0.1, 0.15) is 0 Å². The summed E-state index contributed by atoms with van der Waals surface area (Å²) < 4.78 is 1.70. The fraction of sp³-hybridized carbons (Fsp3) is 0.692. The highest BCUT2D eigenvalue weighted by molar-refractivity contribution is 9.09. The standard InChI is InChI=1S/C13H22BrN3O/c1-3-12-11(10-17(2)16-12)13(18)15-9-7-5-4-6-8-14/h10H,3-9H2,1-2H3,(H,15,18). The quantitative estimate of drug-likeness (QED) is 0.592. The first kappa shape index (κ1) is 15.2. The summed E-state index contributed by atoms with van der Waals surface area (Å²) in [4.78, 5) is 12.0. The van der Waals surface area contributed by atoms with Crippen molar-refractivity contribution in [1.82, 2.24) is 15.1 Å². The van der Waals surface area contributed by atoms with Gasteiger partial charge in [-0.15, -0.1) is 0 Å². The van der Waals surface area contributed by atoms with Gasteiger partial charge in [0.2, 0.25) is 0 Å². The molecule has 18 heavy (non-hydrogen) atoms. The molecule has 1 aromatic rings. The first-order valence-electron chi connectivity index (χ1n) is 6.55. The SMILES string of the molecule is CCc1nn(C)cc1C(=O)NCCCCCCBr. The van der Waals surface area contributed by atoms with Crippen LogP contribution in [-0.2, 0) is 13.5 Å². The second-order valence-corrected chi connectivity index (χ2v) is 5.17. The van der Waals surface area contributed by atoms with E-state index in [0.717, 1.165) is 30.4 Å². The Morgan fingerprint density at radius 1 is 1.39 bits per heavy atom. The number of rotatable bonds is 8. The number of alkyl halides is 1. The van der Waals surface area contributed by atoms with Gasteiger partial charge in [0.05, 0.1) is 11.3 Å². The summed E-state index contributed by atoms with van der Waals surface area (Å²) in [5.41, 5.74) is 1.58. The van der Waals surface area contributed by atoms with E-state index in [2.05, 4.69) is 26.3 Å². The van der Waals surface area contributed by atoms with Crippen LogP contribution in [0.15, 0.2) is 6.20 Å². The normalized spacial score (nSPS) is 10.6. The smallest absolute Gasteiger partial charge is 0.254 e. The zero-order chi connectivity index (χ0) is 13.4. The molecule has 0 spiro atoms. The fourth-order valence-corrected chi connectivity index (χ4v) is 2.25. The zero-order valence-electron chi connectivity index (χ0n) is 11.2. The minimum Gasteiger partial charge on any atom is -0.352 e. The van der Waals surface area contributed by atoms with Crippen LogP contribution in [0.25, 0.3) is 0 Å². The predicted molar refractivity (Wildman–Crippen MR) is 77.2 cm³/mol. The van der Waals surface area contributed by atoms with E-state index < -0.39 is 0 Å². The molecule has 1 rings (SSSR count). The Morgan fingerprint density at radius 2 is 2.11 bits per heavy atom. The summed E-state index contributed by atoms with van der Waals surface area (Å²) >= 11 is 3.41. The Hall–Kier alpha value is -0.840. The van der Waals surface area contributed by atoms with Crippen LogP contribution in [-0.4, -0.2) is 27.6 Å². The maximum absolute atomic E-state index is 12.0. The summed E-state index contributed by atoms with van der Waals surface area (Å²) in [5, 5.41) is 8.29. The molecule has 0 aliphatic heterocycles. The Kier molecular flexibility index (Phi) is 7.01. The highest BCUT2D eigenvalue weighted by atomic mass is 79.9. The van der Waals surface area contributed by atoms with Gasteiger partial charge in [-0.1, -0.05) is 35.7 Å². The summed E-state index contributed by atoms with van der Waals surface area (Å²) in [7, 11) is 1.84. The summed E-state index contributed by atoms with van der Waals surface area (Å²) in [5.74, 6) is 0.000409. The molecule has 5 heteroatoms. The van der Waals surface area contributed by atoms with Crippen LogP contribution in [0.5, 0.6) is 0 Å². The molecule has 1 N–H and O–H groups in total.